The maximum atomic E-state index is 5.48. The number of rotatable bonds is 19. The van der Waals surface area contributed by atoms with E-state index >= 15 is 0 Å². The Morgan fingerprint density at radius 1 is 0.200 bits per heavy atom. The molecule has 0 aromatic carbocycles. The molecule has 0 unspecified atom stereocenters. The van der Waals surface area contributed by atoms with E-state index in [2.05, 4.69) is 0 Å². The van der Waals surface area contributed by atoms with Crippen molar-refractivity contribution in [2.45, 2.75) is 109 Å². The standard InChI is InChI=1S/C17H38N2.C4H12N2/c18-16-14-12-10-8-6-4-2-1-3-5-7-9-11-13-15-17-19;5-3-1-2-4-6/h1-19H2;1-6H2. The predicted molar refractivity (Wildman–Crippen MR) is 115 cm³/mol. The Bertz CT molecular complexity index is 180. The average molecular weight is 359 g/mol. The molecule has 0 aliphatic carbocycles. The van der Waals surface area contributed by atoms with E-state index in [4.69, 9.17) is 22.9 Å². The zero-order valence-electron chi connectivity index (χ0n) is 17.2. The molecule has 0 saturated carbocycles. The molecule has 0 heterocycles. The largest absolute Gasteiger partial charge is 0.330 e. The second-order valence-corrected chi connectivity index (χ2v) is 7.17. The summed E-state index contributed by atoms with van der Waals surface area (Å²) >= 11 is 0. The third kappa shape index (κ3) is 32.0. The molecule has 0 aromatic heterocycles. The lowest BCUT2D eigenvalue weighted by molar-refractivity contribution is 0.531. The number of nitrogens with two attached hydrogens (primary N) is 4. The highest BCUT2D eigenvalue weighted by molar-refractivity contribution is 4.50. The minimum atomic E-state index is 0.775. The van der Waals surface area contributed by atoms with Crippen LogP contribution in [-0.2, 0) is 0 Å². The van der Waals surface area contributed by atoms with Crippen molar-refractivity contribution in [3.8, 4) is 0 Å². The number of hydrogen-bond donors (Lipinski definition) is 4. The van der Waals surface area contributed by atoms with Crippen molar-refractivity contribution in [1.82, 2.24) is 0 Å². The molecule has 0 rings (SSSR count). The Balaban J connectivity index is 0. The van der Waals surface area contributed by atoms with Gasteiger partial charge < -0.3 is 22.9 Å². The Morgan fingerprint density at radius 3 is 0.480 bits per heavy atom. The van der Waals surface area contributed by atoms with Gasteiger partial charge in [-0.15, -0.1) is 0 Å². The topological polar surface area (TPSA) is 104 Å². The zero-order chi connectivity index (χ0) is 18.8. The van der Waals surface area contributed by atoms with Crippen LogP contribution >= 0.6 is 0 Å². The molecule has 0 aromatic rings. The van der Waals surface area contributed by atoms with Crippen molar-refractivity contribution in [2.24, 2.45) is 22.9 Å². The smallest absolute Gasteiger partial charge is 0.00768 e. The molecule has 0 spiro atoms. The van der Waals surface area contributed by atoms with Crippen molar-refractivity contribution < 1.29 is 0 Å². The Kier molecular flexibility index (Phi) is 31.0. The first kappa shape index (κ1) is 27.1. The SMILES string of the molecule is NCCCCCCCCCCCCCCCCCN.NCCCCN. The molecule has 0 amide bonds. The Labute approximate surface area is 158 Å². The van der Waals surface area contributed by atoms with Crippen LogP contribution in [0.3, 0.4) is 0 Å². The maximum absolute atomic E-state index is 5.48. The highest BCUT2D eigenvalue weighted by Gasteiger charge is 1.94. The van der Waals surface area contributed by atoms with Gasteiger partial charge in [-0.05, 0) is 51.9 Å². The average Bonchev–Trinajstić information content (AvgIpc) is 2.64. The van der Waals surface area contributed by atoms with Crippen LogP contribution in [0.2, 0.25) is 0 Å². The summed E-state index contributed by atoms with van der Waals surface area (Å²) in [5.74, 6) is 0. The first-order valence-electron chi connectivity index (χ1n) is 11.1. The molecule has 4 nitrogen and oxygen atoms in total. The van der Waals surface area contributed by atoms with Gasteiger partial charge in [0.05, 0.1) is 0 Å². The summed E-state index contributed by atoms with van der Waals surface area (Å²) in [5.41, 5.74) is 21.3. The van der Waals surface area contributed by atoms with Crippen LogP contribution in [0.5, 0.6) is 0 Å². The van der Waals surface area contributed by atoms with E-state index in [1.54, 1.807) is 0 Å². The van der Waals surface area contributed by atoms with Crippen molar-refractivity contribution in [3.05, 3.63) is 0 Å². The summed E-state index contributed by atoms with van der Waals surface area (Å²) < 4.78 is 0. The molecule has 0 radical (unpaired) electrons. The summed E-state index contributed by atoms with van der Waals surface area (Å²) in [7, 11) is 0. The van der Waals surface area contributed by atoms with Crippen LogP contribution in [0, 0.1) is 0 Å². The molecule has 0 fully saturated rings. The summed E-state index contributed by atoms with van der Waals surface area (Å²) in [4.78, 5) is 0. The van der Waals surface area contributed by atoms with Gasteiger partial charge in [-0.2, -0.15) is 0 Å². The lowest BCUT2D eigenvalue weighted by Gasteiger charge is -2.03. The molecule has 0 aliphatic rings. The number of hydrogen-bond acceptors (Lipinski definition) is 4. The summed E-state index contributed by atoms with van der Waals surface area (Å²) in [6.07, 6.45) is 22.9. The van der Waals surface area contributed by atoms with Gasteiger partial charge in [0, 0.05) is 0 Å². The van der Waals surface area contributed by atoms with Crippen molar-refractivity contribution in [2.75, 3.05) is 26.2 Å². The van der Waals surface area contributed by atoms with E-state index in [-0.39, 0.29) is 0 Å². The first-order valence-corrected chi connectivity index (χ1v) is 11.1. The molecule has 0 aliphatic heterocycles. The minimum Gasteiger partial charge on any atom is -0.330 e. The van der Waals surface area contributed by atoms with Crippen LogP contribution in [0.15, 0.2) is 0 Å². The first-order chi connectivity index (χ1) is 12.3. The predicted octanol–water partition coefficient (Wildman–Crippen LogP) is 4.44. The lowest BCUT2D eigenvalue weighted by atomic mass is 10.0. The van der Waals surface area contributed by atoms with Crippen molar-refractivity contribution in [1.29, 1.82) is 0 Å². The normalized spacial score (nSPS) is 10.6. The van der Waals surface area contributed by atoms with Gasteiger partial charge in [0.1, 0.15) is 0 Å². The molecule has 0 bridgehead atoms. The van der Waals surface area contributed by atoms with Crippen LogP contribution < -0.4 is 22.9 Å². The zero-order valence-corrected chi connectivity index (χ0v) is 17.2. The maximum Gasteiger partial charge on any atom is -0.00768 e. The van der Waals surface area contributed by atoms with Gasteiger partial charge in [0.25, 0.3) is 0 Å². The van der Waals surface area contributed by atoms with E-state index in [1.165, 1.54) is 96.3 Å². The van der Waals surface area contributed by atoms with Gasteiger partial charge in [0.2, 0.25) is 0 Å². The molecule has 4 heteroatoms. The minimum absolute atomic E-state index is 0.775. The number of unbranched alkanes of at least 4 members (excludes halogenated alkanes) is 15. The molecular formula is C21H50N4. The molecule has 0 saturated heterocycles. The van der Waals surface area contributed by atoms with E-state index < -0.39 is 0 Å². The molecule has 154 valence electrons. The Morgan fingerprint density at radius 2 is 0.320 bits per heavy atom. The van der Waals surface area contributed by atoms with Crippen LogP contribution in [-0.4, -0.2) is 26.2 Å². The highest BCUT2D eigenvalue weighted by Crippen LogP contribution is 2.13. The third-order valence-electron chi connectivity index (χ3n) is 4.57. The van der Waals surface area contributed by atoms with E-state index in [0.29, 0.717) is 0 Å². The second kappa shape index (κ2) is 28.6. The van der Waals surface area contributed by atoms with E-state index in [9.17, 15) is 0 Å². The third-order valence-corrected chi connectivity index (χ3v) is 4.57. The van der Waals surface area contributed by atoms with Crippen LogP contribution in [0.25, 0.3) is 0 Å². The fraction of sp³-hybridized carbons (Fsp3) is 1.00. The van der Waals surface area contributed by atoms with Gasteiger partial charge in [0.15, 0.2) is 0 Å². The quantitative estimate of drug-likeness (QED) is 0.256. The molecular weight excluding hydrogens is 308 g/mol. The van der Waals surface area contributed by atoms with Gasteiger partial charge in [-0.25, -0.2) is 0 Å². The monoisotopic (exact) mass is 358 g/mol. The molecule has 25 heavy (non-hydrogen) atoms. The van der Waals surface area contributed by atoms with Crippen molar-refractivity contribution in [3.63, 3.8) is 0 Å². The lowest BCUT2D eigenvalue weighted by Crippen LogP contribution is -2.03. The summed E-state index contributed by atoms with van der Waals surface area (Å²) in [5, 5.41) is 0. The van der Waals surface area contributed by atoms with E-state index in [0.717, 1.165) is 39.0 Å². The van der Waals surface area contributed by atoms with E-state index in [1.807, 2.05) is 0 Å². The summed E-state index contributed by atoms with van der Waals surface area (Å²) in [6, 6.07) is 0. The molecule has 8 N–H and O–H groups in total. The fourth-order valence-electron chi connectivity index (χ4n) is 2.88. The van der Waals surface area contributed by atoms with Gasteiger partial charge >= 0.3 is 0 Å². The fourth-order valence-corrected chi connectivity index (χ4v) is 2.88. The second-order valence-electron chi connectivity index (χ2n) is 7.17. The molecule has 0 atom stereocenters. The summed E-state index contributed by atoms with van der Waals surface area (Å²) in [6.45, 7) is 3.28. The Hall–Kier alpha value is -0.160. The van der Waals surface area contributed by atoms with Crippen LogP contribution in [0.4, 0.5) is 0 Å². The van der Waals surface area contributed by atoms with Gasteiger partial charge in [-0.1, -0.05) is 83.5 Å². The van der Waals surface area contributed by atoms with Crippen molar-refractivity contribution >= 4 is 0 Å². The highest BCUT2D eigenvalue weighted by atomic mass is 14.5. The van der Waals surface area contributed by atoms with Crippen LogP contribution in [0.1, 0.15) is 109 Å². The van der Waals surface area contributed by atoms with Gasteiger partial charge in [-0.3, -0.25) is 0 Å².